The number of ether oxygens (including phenoxy) is 1. The molecular weight excluding hydrogens is 334 g/mol. The van der Waals surface area contributed by atoms with E-state index in [0.29, 0.717) is 5.76 Å². The van der Waals surface area contributed by atoms with Crippen molar-refractivity contribution in [2.75, 3.05) is 25.1 Å². The predicted octanol–water partition coefficient (Wildman–Crippen LogP) is 3.48. The largest absolute Gasteiger partial charge is 0.504 e. The summed E-state index contributed by atoms with van der Waals surface area (Å²) in [5.74, 6) is -0.485. The maximum Gasteiger partial charge on any atom is 0.203 e. The Morgan fingerprint density at radius 3 is 2.42 bits per heavy atom. The van der Waals surface area contributed by atoms with Crippen LogP contribution in [0.4, 0.5) is 5.69 Å². The Morgan fingerprint density at radius 1 is 1.08 bits per heavy atom. The molecule has 2 aromatic carbocycles. The number of methoxy groups -OCH3 is 1. The van der Waals surface area contributed by atoms with Crippen molar-refractivity contribution < 1.29 is 19.4 Å². The van der Waals surface area contributed by atoms with Crippen LogP contribution in [0.5, 0.6) is 17.2 Å². The molecule has 0 atom stereocenters. The van der Waals surface area contributed by atoms with Crippen molar-refractivity contribution in [2.45, 2.75) is 12.8 Å². The molecule has 0 spiro atoms. The number of hydrogen-bond acceptors (Lipinski definition) is 6. The minimum atomic E-state index is -0.424. The number of benzene rings is 2. The van der Waals surface area contributed by atoms with Crippen molar-refractivity contribution >= 4 is 16.7 Å². The lowest BCUT2D eigenvalue weighted by molar-refractivity contribution is 0.346. The van der Waals surface area contributed by atoms with Gasteiger partial charge in [0.2, 0.25) is 5.75 Å². The number of hydrogen-bond donors (Lipinski definition) is 2. The lowest BCUT2D eigenvalue weighted by atomic mass is 10.1. The van der Waals surface area contributed by atoms with Crippen LogP contribution in [-0.4, -0.2) is 30.4 Å². The van der Waals surface area contributed by atoms with E-state index >= 15 is 0 Å². The Labute approximate surface area is 149 Å². The molecule has 1 aliphatic rings. The van der Waals surface area contributed by atoms with Gasteiger partial charge in [0.25, 0.3) is 0 Å². The van der Waals surface area contributed by atoms with E-state index < -0.39 is 11.2 Å². The van der Waals surface area contributed by atoms with Crippen LogP contribution in [0.3, 0.4) is 0 Å². The molecule has 4 rings (SSSR count). The van der Waals surface area contributed by atoms with E-state index in [2.05, 4.69) is 4.90 Å². The van der Waals surface area contributed by atoms with Gasteiger partial charge in [-0.3, -0.25) is 4.79 Å². The number of phenolic OH excluding ortho intramolecular Hbond substituents is 2. The third-order valence-electron chi connectivity index (χ3n) is 4.75. The van der Waals surface area contributed by atoms with Crippen LogP contribution < -0.4 is 15.1 Å². The minimum absolute atomic E-state index is 0.0166. The highest BCUT2D eigenvalue weighted by Gasteiger charge is 2.19. The topological polar surface area (TPSA) is 83.1 Å². The molecule has 26 heavy (non-hydrogen) atoms. The van der Waals surface area contributed by atoms with Crippen molar-refractivity contribution in [3.05, 3.63) is 46.6 Å². The zero-order valence-corrected chi connectivity index (χ0v) is 14.4. The van der Waals surface area contributed by atoms with E-state index in [1.807, 2.05) is 24.3 Å². The zero-order valence-electron chi connectivity index (χ0n) is 14.4. The van der Waals surface area contributed by atoms with Crippen molar-refractivity contribution in [3.8, 4) is 28.6 Å². The summed E-state index contributed by atoms with van der Waals surface area (Å²) in [6, 6.07) is 10.4. The summed E-state index contributed by atoms with van der Waals surface area (Å²) >= 11 is 0. The molecule has 0 amide bonds. The van der Waals surface area contributed by atoms with Crippen LogP contribution in [0.15, 0.2) is 45.6 Å². The molecule has 6 heteroatoms. The molecular formula is C20H19NO5. The van der Waals surface area contributed by atoms with Crippen LogP contribution in [-0.2, 0) is 0 Å². The molecule has 1 fully saturated rings. The lowest BCUT2D eigenvalue weighted by Crippen LogP contribution is -2.17. The molecule has 0 radical (unpaired) electrons. The molecule has 134 valence electrons. The molecule has 1 saturated heterocycles. The zero-order chi connectivity index (χ0) is 18.3. The van der Waals surface area contributed by atoms with E-state index in [-0.39, 0.29) is 22.5 Å². The van der Waals surface area contributed by atoms with Gasteiger partial charge < -0.3 is 24.3 Å². The van der Waals surface area contributed by atoms with Gasteiger partial charge in [-0.05, 0) is 37.1 Å². The van der Waals surface area contributed by atoms with Crippen LogP contribution >= 0.6 is 0 Å². The molecule has 2 N–H and O–H groups in total. The van der Waals surface area contributed by atoms with E-state index in [1.165, 1.54) is 32.1 Å². The number of rotatable bonds is 3. The molecule has 0 aliphatic carbocycles. The van der Waals surface area contributed by atoms with E-state index in [0.717, 1.165) is 24.3 Å². The number of aromatic hydroxyl groups is 2. The number of phenols is 2. The Morgan fingerprint density at radius 2 is 1.77 bits per heavy atom. The number of anilines is 1. The van der Waals surface area contributed by atoms with Gasteiger partial charge in [0.1, 0.15) is 16.7 Å². The first-order valence-corrected chi connectivity index (χ1v) is 8.50. The van der Waals surface area contributed by atoms with Gasteiger partial charge in [0.05, 0.1) is 7.11 Å². The molecule has 0 saturated carbocycles. The van der Waals surface area contributed by atoms with Gasteiger partial charge in [0.15, 0.2) is 16.9 Å². The second-order valence-electron chi connectivity index (χ2n) is 6.37. The third-order valence-corrected chi connectivity index (χ3v) is 4.75. The third kappa shape index (κ3) is 2.63. The lowest BCUT2D eigenvalue weighted by Gasteiger charge is -2.17. The standard InChI is InChI=1S/C20H19NO5/c1-25-20-15(23)11-17-18(19(20)24)14(22)10-16(26-17)12-4-6-13(7-5-12)21-8-2-3-9-21/h4-7,10-11,23-24H,2-3,8-9H2,1H3. The van der Waals surface area contributed by atoms with Gasteiger partial charge in [0, 0.05) is 36.5 Å². The Hall–Kier alpha value is -3.15. The summed E-state index contributed by atoms with van der Waals surface area (Å²) in [6.45, 7) is 2.12. The molecule has 0 bridgehead atoms. The predicted molar refractivity (Wildman–Crippen MR) is 99.2 cm³/mol. The number of fused-ring (bicyclic) bond motifs is 1. The molecule has 0 unspecified atom stereocenters. The van der Waals surface area contributed by atoms with Crippen molar-refractivity contribution in [3.63, 3.8) is 0 Å². The highest BCUT2D eigenvalue weighted by atomic mass is 16.5. The fourth-order valence-electron chi connectivity index (χ4n) is 3.43. The molecule has 3 aromatic rings. The van der Waals surface area contributed by atoms with Crippen molar-refractivity contribution in [2.24, 2.45) is 0 Å². The highest BCUT2D eigenvalue weighted by Crippen LogP contribution is 2.41. The molecule has 6 nitrogen and oxygen atoms in total. The number of nitrogens with zero attached hydrogens (tertiary/aromatic N) is 1. The van der Waals surface area contributed by atoms with E-state index in [4.69, 9.17) is 9.15 Å². The van der Waals surface area contributed by atoms with Crippen LogP contribution in [0.1, 0.15) is 12.8 Å². The summed E-state index contributed by atoms with van der Waals surface area (Å²) in [5, 5.41) is 20.1. The average Bonchev–Trinajstić information content (AvgIpc) is 3.16. The fourth-order valence-corrected chi connectivity index (χ4v) is 3.43. The quantitative estimate of drug-likeness (QED) is 0.750. The summed E-state index contributed by atoms with van der Waals surface area (Å²) in [7, 11) is 1.30. The Balaban J connectivity index is 1.79. The van der Waals surface area contributed by atoms with Crippen LogP contribution in [0, 0.1) is 0 Å². The summed E-state index contributed by atoms with van der Waals surface area (Å²) in [5.41, 5.74) is 1.60. The molecule has 2 heterocycles. The van der Waals surface area contributed by atoms with Crippen LogP contribution in [0.2, 0.25) is 0 Å². The van der Waals surface area contributed by atoms with Crippen molar-refractivity contribution in [1.29, 1.82) is 0 Å². The Bertz CT molecular complexity index is 1020. The highest BCUT2D eigenvalue weighted by molar-refractivity contribution is 5.89. The first-order valence-electron chi connectivity index (χ1n) is 8.50. The van der Waals surface area contributed by atoms with Crippen molar-refractivity contribution in [1.82, 2.24) is 0 Å². The monoisotopic (exact) mass is 353 g/mol. The second kappa shape index (κ2) is 6.29. The SMILES string of the molecule is COc1c(O)cc2oc(-c3ccc(N4CCCC4)cc3)cc(=O)c2c1O. The van der Waals surface area contributed by atoms with Crippen LogP contribution in [0.25, 0.3) is 22.3 Å². The van der Waals surface area contributed by atoms with E-state index in [1.54, 1.807) is 0 Å². The van der Waals surface area contributed by atoms with Gasteiger partial charge >= 0.3 is 0 Å². The fraction of sp³-hybridized carbons (Fsp3) is 0.250. The normalized spacial score (nSPS) is 14.1. The Kier molecular flexibility index (Phi) is 3.95. The molecule has 1 aliphatic heterocycles. The second-order valence-corrected chi connectivity index (χ2v) is 6.37. The summed E-state index contributed by atoms with van der Waals surface area (Å²) < 4.78 is 10.7. The maximum atomic E-state index is 12.5. The molecule has 1 aromatic heterocycles. The minimum Gasteiger partial charge on any atom is -0.504 e. The summed E-state index contributed by atoms with van der Waals surface area (Å²) in [4.78, 5) is 14.8. The van der Waals surface area contributed by atoms with Gasteiger partial charge in [-0.2, -0.15) is 0 Å². The summed E-state index contributed by atoms with van der Waals surface area (Å²) in [6.07, 6.45) is 2.41. The smallest absolute Gasteiger partial charge is 0.203 e. The first-order chi connectivity index (χ1) is 12.6. The first kappa shape index (κ1) is 16.3. The average molecular weight is 353 g/mol. The van der Waals surface area contributed by atoms with E-state index in [9.17, 15) is 15.0 Å². The van der Waals surface area contributed by atoms with Gasteiger partial charge in [-0.1, -0.05) is 0 Å². The van der Waals surface area contributed by atoms with Gasteiger partial charge in [-0.15, -0.1) is 0 Å². The maximum absolute atomic E-state index is 12.5. The van der Waals surface area contributed by atoms with Gasteiger partial charge in [-0.25, -0.2) is 0 Å².